The Balaban J connectivity index is 1.27. The van der Waals surface area contributed by atoms with Crippen LogP contribution in [0, 0.1) is 6.92 Å². The van der Waals surface area contributed by atoms with E-state index in [0.29, 0.717) is 5.69 Å². The quantitative estimate of drug-likeness (QED) is 0.271. The molecule has 1 aromatic heterocycles. The Morgan fingerprint density at radius 2 is 1.44 bits per heavy atom. The number of hydrogen-bond donors (Lipinski definition) is 1. The van der Waals surface area contributed by atoms with E-state index in [-0.39, 0.29) is 29.4 Å². The minimum Gasteiger partial charge on any atom is -0.325 e. The molecule has 6 rings (SSSR count). The standard InChI is InChI=1S/C31H28N4O5S3/c1-22-12-17-27-29(20-22)41-31(33-27)23-13-15-24(16-14-23)32-30(36)28-21-34(42(37,38)25-8-4-2-5-9-25)18-19-35(28)43(39,40)26-10-6-3-7-11-26/h2-17,20,28H,18-19,21H2,1H3,(H,32,36)/t28-/m0/s1. The fourth-order valence-electron chi connectivity index (χ4n) is 5.01. The Bertz CT molecular complexity index is 2000. The van der Waals surface area contributed by atoms with E-state index >= 15 is 0 Å². The number of amides is 1. The Labute approximate surface area is 254 Å². The second kappa shape index (κ2) is 11.6. The van der Waals surface area contributed by atoms with Crippen LogP contribution in [0.5, 0.6) is 0 Å². The van der Waals surface area contributed by atoms with Gasteiger partial charge in [0, 0.05) is 30.9 Å². The molecule has 0 unspecified atom stereocenters. The second-order valence-corrected chi connectivity index (χ2v) is 15.0. The molecule has 0 radical (unpaired) electrons. The molecule has 1 saturated heterocycles. The molecule has 43 heavy (non-hydrogen) atoms. The molecular weight excluding hydrogens is 605 g/mol. The lowest BCUT2D eigenvalue weighted by Crippen LogP contribution is -2.60. The molecule has 1 aliphatic heterocycles. The van der Waals surface area contributed by atoms with Gasteiger partial charge >= 0.3 is 0 Å². The summed E-state index contributed by atoms with van der Waals surface area (Å²) in [6.45, 7) is 1.42. The molecule has 4 aromatic carbocycles. The number of hydrogen-bond acceptors (Lipinski definition) is 7. The minimum absolute atomic E-state index is 0.0301. The van der Waals surface area contributed by atoms with Crippen LogP contribution in [0.15, 0.2) is 113 Å². The van der Waals surface area contributed by atoms with Crippen molar-refractivity contribution in [1.29, 1.82) is 0 Å². The highest BCUT2D eigenvalue weighted by Crippen LogP contribution is 2.32. The van der Waals surface area contributed by atoms with Crippen molar-refractivity contribution in [2.75, 3.05) is 25.0 Å². The predicted molar refractivity (Wildman–Crippen MR) is 168 cm³/mol. The van der Waals surface area contributed by atoms with Crippen molar-refractivity contribution in [1.82, 2.24) is 13.6 Å². The third-order valence-electron chi connectivity index (χ3n) is 7.27. The number of benzene rings is 4. The summed E-state index contributed by atoms with van der Waals surface area (Å²) in [5.74, 6) is -0.629. The summed E-state index contributed by atoms with van der Waals surface area (Å²) in [7, 11) is -8.06. The molecule has 0 saturated carbocycles. The van der Waals surface area contributed by atoms with Crippen LogP contribution in [0.2, 0.25) is 0 Å². The Morgan fingerprint density at radius 1 is 0.814 bits per heavy atom. The van der Waals surface area contributed by atoms with Crippen LogP contribution >= 0.6 is 11.3 Å². The van der Waals surface area contributed by atoms with Gasteiger partial charge in [0.2, 0.25) is 26.0 Å². The number of nitrogens with zero attached hydrogens (tertiary/aromatic N) is 3. The molecule has 0 spiro atoms. The van der Waals surface area contributed by atoms with Gasteiger partial charge in [0.25, 0.3) is 0 Å². The van der Waals surface area contributed by atoms with Gasteiger partial charge in [-0.1, -0.05) is 42.5 Å². The maximum absolute atomic E-state index is 13.7. The number of carbonyl (C=O) groups is 1. The molecule has 2 heterocycles. The SMILES string of the molecule is Cc1ccc2nc(-c3ccc(NC(=O)[C@@H]4CN(S(=O)(=O)c5ccccc5)CCN4S(=O)(=O)c4ccccc4)cc3)sc2c1. The first-order chi connectivity index (χ1) is 20.6. The average molecular weight is 633 g/mol. The molecule has 1 aliphatic rings. The zero-order valence-corrected chi connectivity index (χ0v) is 25.6. The lowest BCUT2D eigenvalue weighted by atomic mass is 10.2. The van der Waals surface area contributed by atoms with Gasteiger partial charge in [-0.05, 0) is 73.2 Å². The summed E-state index contributed by atoms with van der Waals surface area (Å²) in [6.07, 6.45) is 0. The monoisotopic (exact) mass is 632 g/mol. The van der Waals surface area contributed by atoms with Crippen LogP contribution in [0.1, 0.15) is 5.56 Å². The molecule has 1 atom stereocenters. The van der Waals surface area contributed by atoms with E-state index in [1.807, 2.05) is 31.2 Å². The van der Waals surface area contributed by atoms with Gasteiger partial charge in [-0.3, -0.25) is 4.79 Å². The number of fused-ring (bicyclic) bond motifs is 1. The molecule has 1 N–H and O–H groups in total. The van der Waals surface area contributed by atoms with E-state index in [0.717, 1.165) is 30.7 Å². The van der Waals surface area contributed by atoms with Crippen molar-refractivity contribution in [2.45, 2.75) is 22.8 Å². The summed E-state index contributed by atoms with van der Waals surface area (Å²) >= 11 is 1.57. The smallest absolute Gasteiger partial charge is 0.244 e. The number of aromatic nitrogens is 1. The molecule has 12 heteroatoms. The maximum Gasteiger partial charge on any atom is 0.244 e. The third kappa shape index (κ3) is 5.84. The first kappa shape index (κ1) is 29.1. The molecule has 220 valence electrons. The summed E-state index contributed by atoms with van der Waals surface area (Å²) < 4.78 is 57.5. The zero-order valence-electron chi connectivity index (χ0n) is 23.1. The number of rotatable bonds is 7. The van der Waals surface area contributed by atoms with Gasteiger partial charge < -0.3 is 5.32 Å². The highest BCUT2D eigenvalue weighted by molar-refractivity contribution is 7.89. The van der Waals surface area contributed by atoms with Crippen molar-refractivity contribution in [3.63, 3.8) is 0 Å². The van der Waals surface area contributed by atoms with E-state index in [1.54, 1.807) is 59.9 Å². The van der Waals surface area contributed by atoms with Crippen molar-refractivity contribution < 1.29 is 21.6 Å². The Kier molecular flexibility index (Phi) is 7.88. The lowest BCUT2D eigenvalue weighted by molar-refractivity contribution is -0.120. The Morgan fingerprint density at radius 3 is 2.09 bits per heavy atom. The number of piperazine rings is 1. The van der Waals surface area contributed by atoms with Gasteiger partial charge in [0.05, 0.1) is 20.0 Å². The average Bonchev–Trinajstić information content (AvgIpc) is 3.45. The summed E-state index contributed by atoms with van der Waals surface area (Å²) in [5, 5.41) is 3.65. The number of thiazole rings is 1. The molecule has 5 aromatic rings. The second-order valence-electron chi connectivity index (χ2n) is 10.2. The zero-order chi connectivity index (χ0) is 30.2. The summed E-state index contributed by atoms with van der Waals surface area (Å²) in [4.78, 5) is 18.5. The fourth-order valence-corrected chi connectivity index (χ4v) is 9.13. The topological polar surface area (TPSA) is 117 Å². The minimum atomic E-state index is -4.10. The first-order valence-corrected chi connectivity index (χ1v) is 17.2. The fraction of sp³-hybridized carbons (Fsp3) is 0.161. The first-order valence-electron chi connectivity index (χ1n) is 13.5. The Hall–Kier alpha value is -3.94. The predicted octanol–water partition coefficient (Wildman–Crippen LogP) is 4.97. The van der Waals surface area contributed by atoms with E-state index in [2.05, 4.69) is 11.4 Å². The molecule has 0 bridgehead atoms. The molecule has 1 fully saturated rings. The normalized spacial score (nSPS) is 16.7. The largest absolute Gasteiger partial charge is 0.325 e. The van der Waals surface area contributed by atoms with Crippen LogP contribution in [-0.4, -0.2) is 62.0 Å². The molecule has 9 nitrogen and oxygen atoms in total. The van der Waals surface area contributed by atoms with Crippen LogP contribution in [0.25, 0.3) is 20.8 Å². The van der Waals surface area contributed by atoms with E-state index in [1.165, 1.54) is 28.6 Å². The van der Waals surface area contributed by atoms with Crippen LogP contribution in [0.3, 0.4) is 0 Å². The van der Waals surface area contributed by atoms with Gasteiger partial charge in [0.15, 0.2) is 0 Å². The summed E-state index contributed by atoms with van der Waals surface area (Å²) in [5.41, 5.74) is 3.39. The highest BCUT2D eigenvalue weighted by Gasteiger charge is 2.43. The van der Waals surface area contributed by atoms with E-state index in [9.17, 15) is 21.6 Å². The van der Waals surface area contributed by atoms with Crippen molar-refractivity contribution in [2.24, 2.45) is 0 Å². The number of nitrogens with one attached hydrogen (secondary N) is 1. The third-order valence-corrected chi connectivity index (χ3v) is 12.1. The van der Waals surface area contributed by atoms with Crippen LogP contribution in [-0.2, 0) is 24.8 Å². The van der Waals surface area contributed by atoms with E-state index < -0.39 is 32.0 Å². The lowest BCUT2D eigenvalue weighted by Gasteiger charge is -2.38. The molecule has 1 amide bonds. The van der Waals surface area contributed by atoms with Crippen molar-refractivity contribution >= 4 is 53.2 Å². The van der Waals surface area contributed by atoms with Crippen molar-refractivity contribution in [3.05, 3.63) is 109 Å². The van der Waals surface area contributed by atoms with Crippen LogP contribution < -0.4 is 5.32 Å². The van der Waals surface area contributed by atoms with Gasteiger partial charge in [-0.25, -0.2) is 21.8 Å². The molecular formula is C31H28N4O5S3. The summed E-state index contributed by atoms with van der Waals surface area (Å²) in [6, 6.07) is 27.6. The van der Waals surface area contributed by atoms with E-state index in [4.69, 9.17) is 4.98 Å². The number of sulfonamides is 2. The highest BCUT2D eigenvalue weighted by atomic mass is 32.2. The number of anilines is 1. The van der Waals surface area contributed by atoms with Crippen molar-refractivity contribution in [3.8, 4) is 10.6 Å². The maximum atomic E-state index is 13.7. The number of carbonyl (C=O) groups excluding carboxylic acids is 1. The van der Waals surface area contributed by atoms with Crippen LogP contribution in [0.4, 0.5) is 5.69 Å². The van der Waals surface area contributed by atoms with Gasteiger partial charge in [-0.2, -0.15) is 8.61 Å². The van der Waals surface area contributed by atoms with Gasteiger partial charge in [-0.15, -0.1) is 11.3 Å². The van der Waals surface area contributed by atoms with Gasteiger partial charge in [0.1, 0.15) is 11.0 Å². The molecule has 0 aliphatic carbocycles. The number of aryl methyl sites for hydroxylation is 1.